The normalized spacial score (nSPS) is 11.3. The number of benzene rings is 2. The average molecular weight is 436 g/mol. The number of nitrogens with one attached hydrogen (secondary N) is 1. The molecule has 0 saturated heterocycles. The highest BCUT2D eigenvalue weighted by atomic mass is 32.2. The Morgan fingerprint density at radius 1 is 1.19 bits per heavy atom. The summed E-state index contributed by atoms with van der Waals surface area (Å²) in [7, 11) is 1.63. The van der Waals surface area contributed by atoms with Crippen molar-refractivity contribution in [3.8, 4) is 17.1 Å². The van der Waals surface area contributed by atoms with E-state index >= 15 is 0 Å². The predicted octanol–water partition coefficient (Wildman–Crippen LogP) is 4.19. The summed E-state index contributed by atoms with van der Waals surface area (Å²) in [4.78, 5) is 12.1. The van der Waals surface area contributed by atoms with Crippen LogP contribution in [0.3, 0.4) is 0 Å². The van der Waals surface area contributed by atoms with Crippen LogP contribution in [0.5, 0.6) is 5.75 Å². The molecule has 3 rings (SSSR count). The number of carbonyl (C=O) groups excluding carboxylic acids is 1. The molecule has 7 nitrogen and oxygen atoms in total. The number of allylic oxidation sites excluding steroid dienone is 1. The van der Waals surface area contributed by atoms with E-state index in [1.54, 1.807) is 13.2 Å². The van der Waals surface area contributed by atoms with E-state index in [4.69, 9.17) is 4.74 Å². The molecule has 3 aromatic rings. The van der Waals surface area contributed by atoms with Gasteiger partial charge in [0, 0.05) is 23.9 Å². The van der Waals surface area contributed by atoms with Crippen molar-refractivity contribution < 1.29 is 9.53 Å². The minimum Gasteiger partial charge on any atom is -0.496 e. The molecule has 0 aliphatic heterocycles. The molecule has 0 atom stereocenters. The first-order valence-electron chi connectivity index (χ1n) is 9.87. The Morgan fingerprint density at radius 2 is 1.97 bits per heavy atom. The molecule has 160 valence electrons. The standard InChI is InChI=1S/C23H25N5O2S/c1-4-28-22(19-13-11-17(2)12-14-19)26-27-23(28)31-16-21(29)25-24-15-7-9-18-8-5-6-10-20(18)30-3/h5-15H,4,16H2,1-3H3,(H,25,29). The number of amides is 1. The molecule has 0 aliphatic rings. The highest BCUT2D eigenvalue weighted by Gasteiger charge is 2.14. The number of methoxy groups -OCH3 is 1. The van der Waals surface area contributed by atoms with Gasteiger partial charge in [-0.05, 0) is 32.1 Å². The molecule has 0 unspecified atom stereocenters. The van der Waals surface area contributed by atoms with Crippen molar-refractivity contribution in [2.24, 2.45) is 5.10 Å². The largest absolute Gasteiger partial charge is 0.496 e. The zero-order valence-corrected chi connectivity index (χ0v) is 18.6. The van der Waals surface area contributed by atoms with Crippen molar-refractivity contribution >= 4 is 30.0 Å². The van der Waals surface area contributed by atoms with Crippen molar-refractivity contribution in [2.45, 2.75) is 25.5 Å². The second-order valence-corrected chi connectivity index (χ2v) is 7.56. The van der Waals surface area contributed by atoms with E-state index in [2.05, 4.69) is 20.7 Å². The molecule has 1 aromatic heterocycles. The summed E-state index contributed by atoms with van der Waals surface area (Å²) >= 11 is 1.33. The molecule has 0 bridgehead atoms. The van der Waals surface area contributed by atoms with Gasteiger partial charge in [-0.25, -0.2) is 5.43 Å². The number of hydrogen-bond acceptors (Lipinski definition) is 6. The Morgan fingerprint density at radius 3 is 2.71 bits per heavy atom. The zero-order valence-electron chi connectivity index (χ0n) is 17.8. The minimum absolute atomic E-state index is 0.194. The summed E-state index contributed by atoms with van der Waals surface area (Å²) < 4.78 is 7.29. The van der Waals surface area contributed by atoms with Crippen molar-refractivity contribution in [1.82, 2.24) is 20.2 Å². The highest BCUT2D eigenvalue weighted by molar-refractivity contribution is 7.99. The fourth-order valence-corrected chi connectivity index (χ4v) is 3.66. The van der Waals surface area contributed by atoms with Crippen LogP contribution in [0.4, 0.5) is 0 Å². The summed E-state index contributed by atoms with van der Waals surface area (Å²) in [5.41, 5.74) is 5.64. The molecular formula is C23H25N5O2S. The van der Waals surface area contributed by atoms with Crippen LogP contribution in [0.2, 0.25) is 0 Å². The van der Waals surface area contributed by atoms with Crippen LogP contribution in [0.15, 0.2) is 64.9 Å². The molecule has 2 aromatic carbocycles. The third kappa shape index (κ3) is 6.05. The number of carbonyl (C=O) groups is 1. The number of hydrazone groups is 1. The van der Waals surface area contributed by atoms with E-state index in [0.717, 1.165) is 22.7 Å². The smallest absolute Gasteiger partial charge is 0.250 e. The average Bonchev–Trinajstić information content (AvgIpc) is 3.21. The SMILES string of the molecule is CCn1c(SCC(=O)NN=CC=Cc2ccccc2OC)nnc1-c1ccc(C)cc1. The highest BCUT2D eigenvalue weighted by Crippen LogP contribution is 2.24. The molecule has 8 heteroatoms. The number of aryl methyl sites for hydroxylation is 1. The van der Waals surface area contributed by atoms with E-state index in [1.807, 2.05) is 73.0 Å². The fraction of sp³-hybridized carbons (Fsp3) is 0.217. The number of hydrogen-bond donors (Lipinski definition) is 1. The summed E-state index contributed by atoms with van der Waals surface area (Å²) in [5.74, 6) is 1.55. The Kier molecular flexibility index (Phi) is 8.00. The van der Waals surface area contributed by atoms with Crippen LogP contribution in [0, 0.1) is 6.92 Å². The number of para-hydroxylation sites is 1. The van der Waals surface area contributed by atoms with Gasteiger partial charge in [-0.2, -0.15) is 5.10 Å². The lowest BCUT2D eigenvalue weighted by atomic mass is 10.1. The van der Waals surface area contributed by atoms with Crippen LogP contribution >= 0.6 is 11.8 Å². The van der Waals surface area contributed by atoms with Crippen molar-refractivity contribution in [3.63, 3.8) is 0 Å². The topological polar surface area (TPSA) is 81.4 Å². The van der Waals surface area contributed by atoms with Gasteiger partial charge in [0.1, 0.15) is 5.75 Å². The molecule has 0 saturated carbocycles. The molecule has 0 fully saturated rings. The van der Waals surface area contributed by atoms with E-state index < -0.39 is 0 Å². The third-order valence-corrected chi connectivity index (χ3v) is 5.41. The second-order valence-electron chi connectivity index (χ2n) is 6.62. The molecule has 0 radical (unpaired) electrons. The Hall–Kier alpha value is -3.39. The molecule has 1 amide bonds. The number of aromatic nitrogens is 3. The number of nitrogens with zero attached hydrogens (tertiary/aromatic N) is 4. The third-order valence-electron chi connectivity index (χ3n) is 4.44. The van der Waals surface area contributed by atoms with Gasteiger partial charge in [-0.1, -0.05) is 59.8 Å². The van der Waals surface area contributed by atoms with Gasteiger partial charge in [0.25, 0.3) is 5.91 Å². The maximum absolute atomic E-state index is 12.1. The Balaban J connectivity index is 1.53. The first kappa shape index (κ1) is 22.3. The van der Waals surface area contributed by atoms with Crippen molar-refractivity contribution in [2.75, 3.05) is 12.9 Å². The summed E-state index contributed by atoms with van der Waals surface area (Å²) in [6.45, 7) is 4.79. The van der Waals surface area contributed by atoms with Crippen LogP contribution in [-0.2, 0) is 11.3 Å². The summed E-state index contributed by atoms with van der Waals surface area (Å²) in [6, 6.07) is 15.8. The lowest BCUT2D eigenvalue weighted by Gasteiger charge is -2.07. The Bertz CT molecular complexity index is 1070. The van der Waals surface area contributed by atoms with Crippen molar-refractivity contribution in [1.29, 1.82) is 0 Å². The zero-order chi connectivity index (χ0) is 22.1. The van der Waals surface area contributed by atoms with Gasteiger partial charge in [0.15, 0.2) is 11.0 Å². The van der Waals surface area contributed by atoms with Gasteiger partial charge in [-0.3, -0.25) is 4.79 Å². The molecule has 0 aliphatic carbocycles. The van der Waals surface area contributed by atoms with E-state index in [-0.39, 0.29) is 11.7 Å². The number of thioether (sulfide) groups is 1. The number of ether oxygens (including phenoxy) is 1. The number of rotatable bonds is 9. The second kappa shape index (κ2) is 11.1. The van der Waals surface area contributed by atoms with Gasteiger partial charge in [0.2, 0.25) is 0 Å². The van der Waals surface area contributed by atoms with Gasteiger partial charge < -0.3 is 9.30 Å². The maximum atomic E-state index is 12.1. The lowest BCUT2D eigenvalue weighted by molar-refractivity contribution is -0.118. The van der Waals surface area contributed by atoms with Crippen LogP contribution < -0.4 is 10.2 Å². The maximum Gasteiger partial charge on any atom is 0.250 e. The fourth-order valence-electron chi connectivity index (χ4n) is 2.86. The van der Waals surface area contributed by atoms with E-state index in [1.165, 1.54) is 23.5 Å². The van der Waals surface area contributed by atoms with Crippen molar-refractivity contribution in [3.05, 3.63) is 65.7 Å². The lowest BCUT2D eigenvalue weighted by Crippen LogP contribution is -2.19. The summed E-state index contributed by atoms with van der Waals surface area (Å²) in [6.07, 6.45) is 5.13. The molecule has 31 heavy (non-hydrogen) atoms. The first-order valence-corrected chi connectivity index (χ1v) is 10.9. The van der Waals surface area contributed by atoms with Gasteiger partial charge in [-0.15, -0.1) is 10.2 Å². The molecule has 0 spiro atoms. The van der Waals surface area contributed by atoms with Gasteiger partial charge >= 0.3 is 0 Å². The monoisotopic (exact) mass is 435 g/mol. The van der Waals surface area contributed by atoms with Crippen LogP contribution in [0.25, 0.3) is 17.5 Å². The quantitative estimate of drug-likeness (QED) is 0.310. The minimum atomic E-state index is -0.213. The molecular weight excluding hydrogens is 410 g/mol. The van der Waals surface area contributed by atoms with Gasteiger partial charge in [0.05, 0.1) is 12.9 Å². The summed E-state index contributed by atoms with van der Waals surface area (Å²) in [5, 5.41) is 13.2. The predicted molar refractivity (Wildman–Crippen MR) is 125 cm³/mol. The Labute approximate surface area is 186 Å². The first-order chi connectivity index (χ1) is 15.1. The molecule has 1 N–H and O–H groups in total. The van der Waals surface area contributed by atoms with Crippen LogP contribution in [-0.4, -0.2) is 39.7 Å². The molecule has 1 heterocycles. The van der Waals surface area contributed by atoms with E-state index in [9.17, 15) is 4.79 Å². The van der Waals surface area contributed by atoms with Crippen LogP contribution in [0.1, 0.15) is 18.1 Å². The van der Waals surface area contributed by atoms with E-state index in [0.29, 0.717) is 11.7 Å².